The van der Waals surface area contributed by atoms with Gasteiger partial charge in [0.1, 0.15) is 0 Å². The van der Waals surface area contributed by atoms with Crippen LogP contribution >= 0.6 is 0 Å². The van der Waals surface area contributed by atoms with Gasteiger partial charge in [-0.25, -0.2) is 4.79 Å². The fraction of sp³-hybridized carbons (Fsp3) is 0. The molecule has 0 saturated heterocycles. The molecule has 1 aromatic rings. The zero-order valence-electron chi connectivity index (χ0n) is 9.46. The molecule has 0 unspecified atom stereocenters. The van der Waals surface area contributed by atoms with Crippen LogP contribution in [0.4, 0.5) is 0 Å². The van der Waals surface area contributed by atoms with Crippen LogP contribution in [-0.2, 0) is 14.3 Å². The lowest BCUT2D eigenvalue weighted by atomic mass is 10.2. The van der Waals surface area contributed by atoms with Gasteiger partial charge >= 0.3 is 5.97 Å². The van der Waals surface area contributed by atoms with Crippen LogP contribution in [0.1, 0.15) is 10.4 Å². The standard InChI is InChI=1S/C9H8O2.C4H3NO2/c1-2-11-9(10)8-6-4-3-5-7-8;6-3-1-2-4(7)5-3/h2-7H,1H2;1-2H,(H,5,6,7). The number of carbonyl (C=O) groups excluding carboxylic acids is 3. The molecule has 1 N–H and O–H groups in total. The van der Waals surface area contributed by atoms with E-state index in [0.717, 1.165) is 6.26 Å². The molecule has 0 radical (unpaired) electrons. The summed E-state index contributed by atoms with van der Waals surface area (Å²) >= 11 is 0. The van der Waals surface area contributed by atoms with Gasteiger partial charge in [-0.15, -0.1) is 0 Å². The van der Waals surface area contributed by atoms with Crippen molar-refractivity contribution >= 4 is 17.8 Å². The lowest BCUT2D eigenvalue weighted by molar-refractivity contribution is -0.123. The zero-order valence-corrected chi connectivity index (χ0v) is 9.46. The summed E-state index contributed by atoms with van der Waals surface area (Å²) in [5, 5.41) is 2.03. The number of imide groups is 1. The Kier molecular flexibility index (Phi) is 5.05. The summed E-state index contributed by atoms with van der Waals surface area (Å²) in [6.07, 6.45) is 3.51. The molecule has 0 spiro atoms. The van der Waals surface area contributed by atoms with E-state index in [1.807, 2.05) is 11.4 Å². The first-order valence-electron chi connectivity index (χ1n) is 5.03. The van der Waals surface area contributed by atoms with Gasteiger partial charge in [-0.05, 0) is 12.1 Å². The van der Waals surface area contributed by atoms with Crippen LogP contribution in [0.25, 0.3) is 0 Å². The molecule has 0 aliphatic carbocycles. The molecule has 2 rings (SSSR count). The summed E-state index contributed by atoms with van der Waals surface area (Å²) < 4.78 is 4.55. The Hall–Kier alpha value is -2.69. The predicted octanol–water partition coefficient (Wildman–Crippen LogP) is 1.19. The van der Waals surface area contributed by atoms with Crippen molar-refractivity contribution in [1.82, 2.24) is 5.32 Å². The number of amides is 2. The van der Waals surface area contributed by atoms with Gasteiger partial charge in [0.25, 0.3) is 11.8 Å². The molecule has 2 amide bonds. The third kappa shape index (κ3) is 4.44. The predicted molar refractivity (Wildman–Crippen MR) is 64.3 cm³/mol. The smallest absolute Gasteiger partial charge is 0.342 e. The van der Waals surface area contributed by atoms with Gasteiger partial charge in [-0.2, -0.15) is 0 Å². The number of benzene rings is 1. The van der Waals surface area contributed by atoms with Crippen LogP contribution in [0.3, 0.4) is 0 Å². The first-order valence-corrected chi connectivity index (χ1v) is 5.03. The van der Waals surface area contributed by atoms with Gasteiger partial charge in [0, 0.05) is 12.2 Å². The summed E-state index contributed by atoms with van der Waals surface area (Å²) in [4.78, 5) is 31.0. The number of hydrogen-bond donors (Lipinski definition) is 1. The minimum absolute atomic E-state index is 0.329. The zero-order chi connectivity index (χ0) is 13.4. The van der Waals surface area contributed by atoms with Crippen molar-refractivity contribution in [1.29, 1.82) is 0 Å². The van der Waals surface area contributed by atoms with Crippen LogP contribution in [0.2, 0.25) is 0 Å². The molecule has 0 bridgehead atoms. The van der Waals surface area contributed by atoms with E-state index >= 15 is 0 Å². The Labute approximate surface area is 104 Å². The van der Waals surface area contributed by atoms with Crippen molar-refractivity contribution in [2.45, 2.75) is 0 Å². The van der Waals surface area contributed by atoms with Gasteiger partial charge < -0.3 is 4.74 Å². The van der Waals surface area contributed by atoms with E-state index in [-0.39, 0.29) is 17.8 Å². The molecule has 0 fully saturated rings. The van der Waals surface area contributed by atoms with Crippen molar-refractivity contribution in [3.63, 3.8) is 0 Å². The summed E-state index contributed by atoms with van der Waals surface area (Å²) in [7, 11) is 0. The Bertz CT molecular complexity index is 475. The highest BCUT2D eigenvalue weighted by atomic mass is 16.5. The topological polar surface area (TPSA) is 72.5 Å². The molecule has 5 heteroatoms. The first-order chi connectivity index (χ1) is 8.63. The maximum atomic E-state index is 11.0. The van der Waals surface area contributed by atoms with Crippen LogP contribution in [0, 0.1) is 0 Å². The number of nitrogens with one attached hydrogen (secondary N) is 1. The summed E-state index contributed by atoms with van der Waals surface area (Å²) in [6, 6.07) is 8.77. The number of hydrogen-bond acceptors (Lipinski definition) is 4. The second-order valence-electron chi connectivity index (χ2n) is 3.12. The summed E-state index contributed by atoms with van der Waals surface area (Å²) in [5.74, 6) is -1.03. The van der Waals surface area contributed by atoms with Crippen molar-refractivity contribution in [2.24, 2.45) is 0 Å². The number of carbonyl (C=O) groups is 3. The molecule has 1 aliphatic rings. The summed E-state index contributed by atoms with van der Waals surface area (Å²) in [6.45, 7) is 3.28. The third-order valence-electron chi connectivity index (χ3n) is 1.83. The lowest BCUT2D eigenvalue weighted by Crippen LogP contribution is -2.19. The largest absolute Gasteiger partial charge is 0.432 e. The normalized spacial score (nSPS) is 12.2. The monoisotopic (exact) mass is 245 g/mol. The lowest BCUT2D eigenvalue weighted by Gasteiger charge is -1.96. The molecule has 0 atom stereocenters. The van der Waals surface area contributed by atoms with Crippen molar-refractivity contribution < 1.29 is 19.1 Å². The van der Waals surface area contributed by atoms with E-state index in [4.69, 9.17) is 0 Å². The first kappa shape index (κ1) is 13.4. The Morgan fingerprint density at radius 2 is 1.67 bits per heavy atom. The SMILES string of the molecule is C=COC(=O)c1ccccc1.O=C1C=CC(=O)N1. The molecule has 0 aromatic heterocycles. The fourth-order valence-corrected chi connectivity index (χ4v) is 1.07. The van der Waals surface area contributed by atoms with Crippen LogP contribution < -0.4 is 5.32 Å². The van der Waals surface area contributed by atoms with E-state index < -0.39 is 0 Å². The average Bonchev–Trinajstić information content (AvgIpc) is 2.75. The van der Waals surface area contributed by atoms with Gasteiger partial charge in [-0.1, -0.05) is 24.8 Å². The van der Waals surface area contributed by atoms with Gasteiger partial charge in [0.2, 0.25) is 0 Å². The Morgan fingerprint density at radius 1 is 1.11 bits per heavy atom. The van der Waals surface area contributed by atoms with Gasteiger partial charge in [0.15, 0.2) is 0 Å². The minimum atomic E-state index is -0.374. The van der Waals surface area contributed by atoms with Gasteiger partial charge in [0.05, 0.1) is 11.8 Å². The number of rotatable bonds is 2. The quantitative estimate of drug-likeness (QED) is 0.482. The van der Waals surface area contributed by atoms with E-state index in [1.54, 1.807) is 24.3 Å². The maximum Gasteiger partial charge on any atom is 0.342 e. The molecule has 1 aliphatic heterocycles. The highest BCUT2D eigenvalue weighted by molar-refractivity contribution is 6.12. The molecule has 92 valence electrons. The molecule has 18 heavy (non-hydrogen) atoms. The van der Waals surface area contributed by atoms with Crippen molar-refractivity contribution in [3.05, 3.63) is 60.9 Å². The molecule has 1 heterocycles. The maximum absolute atomic E-state index is 11.0. The molecular formula is C13H11NO4. The Balaban J connectivity index is 0.000000199. The molecular weight excluding hydrogens is 234 g/mol. The Morgan fingerprint density at radius 3 is 2.06 bits per heavy atom. The van der Waals surface area contributed by atoms with E-state index in [9.17, 15) is 14.4 Å². The minimum Gasteiger partial charge on any atom is -0.432 e. The highest BCUT2D eigenvalue weighted by Gasteiger charge is 2.06. The second-order valence-corrected chi connectivity index (χ2v) is 3.12. The van der Waals surface area contributed by atoms with Crippen molar-refractivity contribution in [3.8, 4) is 0 Å². The molecule has 0 saturated carbocycles. The second kappa shape index (κ2) is 6.80. The van der Waals surface area contributed by atoms with Crippen LogP contribution in [-0.4, -0.2) is 17.8 Å². The third-order valence-corrected chi connectivity index (χ3v) is 1.83. The van der Waals surface area contributed by atoms with Crippen LogP contribution in [0.15, 0.2) is 55.3 Å². The van der Waals surface area contributed by atoms with E-state index in [0.29, 0.717) is 5.56 Å². The van der Waals surface area contributed by atoms with Crippen LogP contribution in [0.5, 0.6) is 0 Å². The highest BCUT2D eigenvalue weighted by Crippen LogP contribution is 2.00. The molecule has 5 nitrogen and oxygen atoms in total. The fourth-order valence-electron chi connectivity index (χ4n) is 1.07. The summed E-state index contributed by atoms with van der Waals surface area (Å²) in [5.41, 5.74) is 0.535. The number of esters is 1. The van der Waals surface area contributed by atoms with E-state index in [1.165, 1.54) is 12.2 Å². The van der Waals surface area contributed by atoms with Crippen molar-refractivity contribution in [2.75, 3.05) is 0 Å². The van der Waals surface area contributed by atoms with E-state index in [2.05, 4.69) is 11.3 Å². The average molecular weight is 245 g/mol. The molecule has 1 aromatic carbocycles. The number of ether oxygens (including phenoxy) is 1. The van der Waals surface area contributed by atoms with Gasteiger partial charge in [-0.3, -0.25) is 14.9 Å².